The molecule has 0 amide bonds. The van der Waals surface area contributed by atoms with Gasteiger partial charge in [-0.25, -0.2) is 0 Å². The lowest BCUT2D eigenvalue weighted by Crippen LogP contribution is -2.59. The lowest BCUT2D eigenvalue weighted by atomic mass is 9.87. The third-order valence-corrected chi connectivity index (χ3v) is 6.19. The molecule has 2 N–H and O–H groups in total. The van der Waals surface area contributed by atoms with Crippen LogP contribution in [0.25, 0.3) is 0 Å². The van der Waals surface area contributed by atoms with Crippen LogP contribution >= 0.6 is 23.1 Å². The summed E-state index contributed by atoms with van der Waals surface area (Å²) in [6, 6.07) is 2.21. The molecule has 1 fully saturated rings. The second-order valence-corrected chi connectivity index (χ2v) is 7.14. The molecular weight excluding hydrogens is 248 g/mol. The third kappa shape index (κ3) is 2.70. The maximum Gasteiger partial charge on any atom is 0.0448 e. The van der Waals surface area contributed by atoms with E-state index in [0.29, 0.717) is 5.25 Å². The van der Waals surface area contributed by atoms with Crippen LogP contribution in [0.1, 0.15) is 25.3 Å². The first-order valence-electron chi connectivity index (χ1n) is 6.23. The molecule has 2 unspecified atom stereocenters. The van der Waals surface area contributed by atoms with Crippen LogP contribution in [-0.4, -0.2) is 35.0 Å². The van der Waals surface area contributed by atoms with Gasteiger partial charge in [0.2, 0.25) is 0 Å². The van der Waals surface area contributed by atoms with Gasteiger partial charge in [-0.15, -0.1) is 0 Å². The van der Waals surface area contributed by atoms with Crippen LogP contribution in [0.3, 0.4) is 0 Å². The highest BCUT2D eigenvalue weighted by Gasteiger charge is 2.40. The van der Waals surface area contributed by atoms with Crippen molar-refractivity contribution in [3.05, 3.63) is 22.4 Å². The molecular formula is C13H22N2S2. The van der Waals surface area contributed by atoms with Gasteiger partial charge in [0.25, 0.3) is 0 Å². The number of thiophene rings is 1. The Balaban J connectivity index is 2.10. The lowest BCUT2D eigenvalue weighted by Gasteiger charge is -2.48. The Hall–Kier alpha value is -0.0300. The van der Waals surface area contributed by atoms with Crippen LogP contribution in [0.2, 0.25) is 0 Å². The first-order valence-corrected chi connectivity index (χ1v) is 8.22. The summed E-state index contributed by atoms with van der Waals surface area (Å²) in [6.45, 7) is 4.12. The van der Waals surface area contributed by atoms with Gasteiger partial charge in [-0.2, -0.15) is 23.1 Å². The van der Waals surface area contributed by atoms with Gasteiger partial charge in [0, 0.05) is 23.9 Å². The summed E-state index contributed by atoms with van der Waals surface area (Å²) in [7, 11) is 2.23. The topological polar surface area (TPSA) is 29.3 Å². The third-order valence-electron chi connectivity index (χ3n) is 3.99. The van der Waals surface area contributed by atoms with E-state index in [2.05, 4.69) is 47.5 Å². The standard InChI is InChI=1S/C13H22N2S2/c1-11-13(10-14,5-3-6-17-11)15(2)8-12-4-7-16-9-12/h4,7,9,11H,3,5-6,8,10,14H2,1-2H3. The van der Waals surface area contributed by atoms with Crippen LogP contribution in [0, 0.1) is 0 Å². The zero-order valence-corrected chi connectivity index (χ0v) is 12.3. The van der Waals surface area contributed by atoms with Crippen molar-refractivity contribution in [3.63, 3.8) is 0 Å². The minimum Gasteiger partial charge on any atom is -0.329 e. The Morgan fingerprint density at radius 2 is 2.41 bits per heavy atom. The summed E-state index contributed by atoms with van der Waals surface area (Å²) in [6.07, 6.45) is 2.53. The normalized spacial score (nSPS) is 29.8. The first kappa shape index (κ1) is 13.4. The zero-order chi connectivity index (χ0) is 12.3. The molecule has 2 rings (SSSR count). The molecule has 0 aromatic carbocycles. The summed E-state index contributed by atoms with van der Waals surface area (Å²) >= 11 is 3.84. The Labute approximate surface area is 113 Å². The number of thioether (sulfide) groups is 1. The maximum absolute atomic E-state index is 6.11. The van der Waals surface area contributed by atoms with Crippen LogP contribution in [0.4, 0.5) is 0 Å². The molecule has 96 valence electrons. The molecule has 0 bridgehead atoms. The van der Waals surface area contributed by atoms with E-state index >= 15 is 0 Å². The average Bonchev–Trinajstić information content (AvgIpc) is 2.82. The quantitative estimate of drug-likeness (QED) is 0.912. The minimum absolute atomic E-state index is 0.185. The summed E-state index contributed by atoms with van der Waals surface area (Å²) in [5.41, 5.74) is 7.70. The number of hydrogen-bond donors (Lipinski definition) is 1. The fraction of sp³-hybridized carbons (Fsp3) is 0.692. The SMILES string of the molecule is CC1SCCCC1(CN)N(C)Cc1ccsc1. The Morgan fingerprint density at radius 3 is 3.00 bits per heavy atom. The fourth-order valence-corrected chi connectivity index (χ4v) is 4.76. The molecule has 1 saturated heterocycles. The monoisotopic (exact) mass is 270 g/mol. The molecule has 0 spiro atoms. The number of hydrogen-bond acceptors (Lipinski definition) is 4. The van der Waals surface area contributed by atoms with Crippen molar-refractivity contribution in [2.75, 3.05) is 19.3 Å². The highest BCUT2D eigenvalue weighted by Crippen LogP contribution is 2.37. The Bertz CT molecular complexity index is 339. The second kappa shape index (κ2) is 5.74. The highest BCUT2D eigenvalue weighted by atomic mass is 32.2. The molecule has 17 heavy (non-hydrogen) atoms. The van der Waals surface area contributed by atoms with Gasteiger partial charge in [-0.05, 0) is 48.0 Å². The molecule has 1 aliphatic heterocycles. The predicted molar refractivity (Wildman–Crippen MR) is 78.7 cm³/mol. The van der Waals surface area contributed by atoms with E-state index in [9.17, 15) is 0 Å². The van der Waals surface area contributed by atoms with Gasteiger partial charge in [0.15, 0.2) is 0 Å². The van der Waals surface area contributed by atoms with Crippen molar-refractivity contribution < 1.29 is 0 Å². The van der Waals surface area contributed by atoms with Crippen molar-refractivity contribution >= 4 is 23.1 Å². The molecule has 1 aromatic rings. The van der Waals surface area contributed by atoms with Gasteiger partial charge in [-0.1, -0.05) is 6.92 Å². The van der Waals surface area contributed by atoms with Crippen LogP contribution in [-0.2, 0) is 6.54 Å². The smallest absolute Gasteiger partial charge is 0.0448 e. The molecule has 1 aliphatic rings. The van der Waals surface area contributed by atoms with E-state index in [1.165, 1.54) is 24.2 Å². The van der Waals surface area contributed by atoms with Crippen molar-refractivity contribution in [2.45, 2.75) is 37.1 Å². The molecule has 2 nitrogen and oxygen atoms in total. The molecule has 0 saturated carbocycles. The van der Waals surface area contributed by atoms with Crippen LogP contribution < -0.4 is 5.73 Å². The molecule has 4 heteroatoms. The van der Waals surface area contributed by atoms with E-state index in [4.69, 9.17) is 5.73 Å². The van der Waals surface area contributed by atoms with E-state index in [1.54, 1.807) is 11.3 Å². The first-order chi connectivity index (χ1) is 8.19. The van der Waals surface area contributed by atoms with Gasteiger partial charge in [-0.3, -0.25) is 4.90 Å². The summed E-state index contributed by atoms with van der Waals surface area (Å²) in [4.78, 5) is 2.48. The van der Waals surface area contributed by atoms with E-state index in [1.807, 2.05) is 0 Å². The number of nitrogens with zero attached hydrogens (tertiary/aromatic N) is 1. The molecule has 1 aromatic heterocycles. The number of nitrogens with two attached hydrogens (primary N) is 1. The highest BCUT2D eigenvalue weighted by molar-refractivity contribution is 8.00. The Morgan fingerprint density at radius 1 is 1.59 bits per heavy atom. The summed E-state index contributed by atoms with van der Waals surface area (Å²) in [5, 5.41) is 5.02. The molecule has 0 radical (unpaired) electrons. The van der Waals surface area contributed by atoms with Gasteiger partial charge in [0.05, 0.1) is 0 Å². The van der Waals surface area contributed by atoms with E-state index in [0.717, 1.165) is 13.1 Å². The molecule has 0 aliphatic carbocycles. The van der Waals surface area contributed by atoms with Crippen LogP contribution in [0.5, 0.6) is 0 Å². The zero-order valence-electron chi connectivity index (χ0n) is 10.7. The lowest BCUT2D eigenvalue weighted by molar-refractivity contribution is 0.104. The second-order valence-electron chi connectivity index (χ2n) is 4.91. The average molecular weight is 270 g/mol. The van der Waals surface area contributed by atoms with Gasteiger partial charge < -0.3 is 5.73 Å². The van der Waals surface area contributed by atoms with Crippen LogP contribution in [0.15, 0.2) is 16.8 Å². The van der Waals surface area contributed by atoms with E-state index < -0.39 is 0 Å². The summed E-state index contributed by atoms with van der Waals surface area (Å²) < 4.78 is 0. The largest absolute Gasteiger partial charge is 0.329 e. The van der Waals surface area contributed by atoms with E-state index in [-0.39, 0.29) is 5.54 Å². The van der Waals surface area contributed by atoms with Gasteiger partial charge in [0.1, 0.15) is 0 Å². The fourth-order valence-electron chi connectivity index (χ4n) is 2.74. The van der Waals surface area contributed by atoms with Crippen molar-refractivity contribution in [3.8, 4) is 0 Å². The van der Waals surface area contributed by atoms with Crippen molar-refractivity contribution in [1.82, 2.24) is 4.90 Å². The van der Waals surface area contributed by atoms with Crippen molar-refractivity contribution in [1.29, 1.82) is 0 Å². The number of likely N-dealkylation sites (N-methyl/N-ethyl adjacent to an activating group) is 1. The van der Waals surface area contributed by atoms with Crippen molar-refractivity contribution in [2.24, 2.45) is 5.73 Å². The molecule has 2 heterocycles. The number of rotatable bonds is 4. The summed E-state index contributed by atoms with van der Waals surface area (Å²) in [5.74, 6) is 1.29. The minimum atomic E-state index is 0.185. The molecule has 2 atom stereocenters. The van der Waals surface area contributed by atoms with Gasteiger partial charge >= 0.3 is 0 Å². The Kier molecular flexibility index (Phi) is 4.53. The maximum atomic E-state index is 6.11. The predicted octanol–water partition coefficient (Wildman–Crippen LogP) is 2.79.